The van der Waals surface area contributed by atoms with Crippen molar-refractivity contribution in [1.82, 2.24) is 0 Å². The quantitative estimate of drug-likeness (QED) is 0.0261. The van der Waals surface area contributed by atoms with Crippen LogP contribution in [-0.2, 0) is 28.6 Å². The Labute approximate surface area is 455 Å². The van der Waals surface area contributed by atoms with E-state index in [9.17, 15) is 14.4 Å². The van der Waals surface area contributed by atoms with Crippen LogP contribution in [0.5, 0.6) is 0 Å². The standard InChI is InChI=1S/C67H126O6/c1-4-7-10-13-16-19-22-25-28-30-32-34-36-37-39-42-45-48-51-54-57-60-66(69)72-63-64(62-71-65(68)59-56-53-50-47-44-41-27-24-21-18-15-12-9-6-3)73-67(70)61-58-55-52-49-46-43-40-38-35-33-31-29-26-23-20-17-14-11-8-5-2/h15,18,24,27,64H,4-14,16-17,19-23,25-26,28-63H2,1-3H3/b18-15-,27-24-. The summed E-state index contributed by atoms with van der Waals surface area (Å²) in [6, 6.07) is 0. The van der Waals surface area contributed by atoms with E-state index >= 15 is 0 Å². The molecule has 0 N–H and O–H groups in total. The summed E-state index contributed by atoms with van der Waals surface area (Å²) in [5.74, 6) is -0.855. The molecule has 0 spiro atoms. The van der Waals surface area contributed by atoms with Crippen molar-refractivity contribution >= 4 is 17.9 Å². The number of esters is 3. The number of allylic oxidation sites excluding steroid dienone is 4. The van der Waals surface area contributed by atoms with Crippen LogP contribution in [0.1, 0.15) is 367 Å². The van der Waals surface area contributed by atoms with Crippen LogP contribution in [0.15, 0.2) is 24.3 Å². The summed E-state index contributed by atoms with van der Waals surface area (Å²) in [7, 11) is 0. The van der Waals surface area contributed by atoms with E-state index in [0.717, 1.165) is 77.0 Å². The first-order valence-electron chi connectivity index (χ1n) is 32.8. The summed E-state index contributed by atoms with van der Waals surface area (Å²) in [5, 5.41) is 0. The van der Waals surface area contributed by atoms with Crippen LogP contribution in [0.25, 0.3) is 0 Å². The van der Waals surface area contributed by atoms with E-state index in [-0.39, 0.29) is 31.1 Å². The second kappa shape index (κ2) is 62.4. The molecular formula is C67H126O6. The number of hydrogen-bond acceptors (Lipinski definition) is 6. The highest BCUT2D eigenvalue weighted by atomic mass is 16.6. The average Bonchev–Trinajstić information content (AvgIpc) is 3.39. The molecule has 0 radical (unpaired) electrons. The Morgan fingerprint density at radius 2 is 0.507 bits per heavy atom. The van der Waals surface area contributed by atoms with Crippen molar-refractivity contribution in [3.8, 4) is 0 Å². The van der Waals surface area contributed by atoms with Gasteiger partial charge >= 0.3 is 17.9 Å². The zero-order valence-electron chi connectivity index (χ0n) is 49.4. The Morgan fingerprint density at radius 3 is 0.795 bits per heavy atom. The smallest absolute Gasteiger partial charge is 0.306 e. The summed E-state index contributed by atoms with van der Waals surface area (Å²) in [4.78, 5) is 38.3. The van der Waals surface area contributed by atoms with Crippen LogP contribution in [-0.4, -0.2) is 37.2 Å². The fraction of sp³-hybridized carbons (Fsp3) is 0.896. The molecule has 73 heavy (non-hydrogen) atoms. The van der Waals surface area contributed by atoms with Crippen LogP contribution in [0, 0.1) is 0 Å². The van der Waals surface area contributed by atoms with Gasteiger partial charge in [0.05, 0.1) is 0 Å². The molecule has 0 aromatic carbocycles. The third kappa shape index (κ3) is 60.6. The zero-order chi connectivity index (χ0) is 52.9. The van der Waals surface area contributed by atoms with Gasteiger partial charge in [0.15, 0.2) is 6.10 Å². The van der Waals surface area contributed by atoms with Gasteiger partial charge in [0.25, 0.3) is 0 Å². The van der Waals surface area contributed by atoms with Gasteiger partial charge < -0.3 is 14.2 Å². The number of carbonyl (C=O) groups is 3. The molecule has 430 valence electrons. The van der Waals surface area contributed by atoms with Crippen molar-refractivity contribution in [2.75, 3.05) is 13.2 Å². The molecule has 1 atom stereocenters. The van der Waals surface area contributed by atoms with Crippen molar-refractivity contribution in [1.29, 1.82) is 0 Å². The molecule has 0 bridgehead atoms. The second-order valence-electron chi connectivity index (χ2n) is 22.4. The van der Waals surface area contributed by atoms with E-state index in [4.69, 9.17) is 14.2 Å². The van der Waals surface area contributed by atoms with Crippen molar-refractivity contribution in [3.05, 3.63) is 24.3 Å². The number of rotatable bonds is 61. The average molecular weight is 1030 g/mol. The van der Waals surface area contributed by atoms with E-state index in [1.54, 1.807) is 0 Å². The molecule has 0 aliphatic heterocycles. The molecule has 0 rings (SSSR count). The molecule has 6 nitrogen and oxygen atoms in total. The van der Waals surface area contributed by atoms with E-state index in [0.29, 0.717) is 19.3 Å². The maximum absolute atomic E-state index is 12.9. The maximum Gasteiger partial charge on any atom is 0.306 e. The minimum absolute atomic E-state index is 0.0695. The molecule has 0 fully saturated rings. The molecule has 0 amide bonds. The molecule has 0 aliphatic carbocycles. The molecule has 1 unspecified atom stereocenters. The van der Waals surface area contributed by atoms with Crippen molar-refractivity contribution < 1.29 is 28.6 Å². The van der Waals surface area contributed by atoms with Gasteiger partial charge in [-0.25, -0.2) is 0 Å². The monoisotopic (exact) mass is 1030 g/mol. The van der Waals surface area contributed by atoms with Crippen LogP contribution in [0.3, 0.4) is 0 Å². The normalized spacial score (nSPS) is 12.1. The minimum atomic E-state index is -0.773. The Balaban J connectivity index is 4.28. The Kier molecular flexibility index (Phi) is 60.6. The summed E-state index contributed by atoms with van der Waals surface area (Å²) in [6.45, 7) is 6.67. The van der Waals surface area contributed by atoms with Gasteiger partial charge in [0.1, 0.15) is 13.2 Å². The summed E-state index contributed by atoms with van der Waals surface area (Å²) in [5.41, 5.74) is 0. The molecule has 0 heterocycles. The van der Waals surface area contributed by atoms with Crippen LogP contribution >= 0.6 is 0 Å². The van der Waals surface area contributed by atoms with Gasteiger partial charge in [0.2, 0.25) is 0 Å². The predicted molar refractivity (Wildman–Crippen MR) is 316 cm³/mol. The van der Waals surface area contributed by atoms with Crippen molar-refractivity contribution in [3.63, 3.8) is 0 Å². The number of carbonyl (C=O) groups excluding carboxylic acids is 3. The lowest BCUT2D eigenvalue weighted by molar-refractivity contribution is -0.167. The molecular weight excluding hydrogens is 901 g/mol. The molecule has 0 aliphatic rings. The highest BCUT2D eigenvalue weighted by Crippen LogP contribution is 2.18. The first-order chi connectivity index (χ1) is 36.0. The summed E-state index contributed by atoms with van der Waals surface area (Å²) < 4.78 is 17.0. The third-order valence-electron chi connectivity index (χ3n) is 15.0. The Bertz CT molecular complexity index is 1180. The fourth-order valence-electron chi connectivity index (χ4n) is 9.99. The SMILES string of the molecule is CCCC/C=C\C/C=C\CCCCCCCC(=O)OCC(COC(=O)CCCCCCCCCCCCCCCCCCCCCCC)OC(=O)CCCCCCCCCCCCCCCCCCCCCC. The molecule has 0 saturated heterocycles. The van der Waals surface area contributed by atoms with Gasteiger partial charge in [-0.05, 0) is 44.9 Å². The highest BCUT2D eigenvalue weighted by Gasteiger charge is 2.19. The van der Waals surface area contributed by atoms with Gasteiger partial charge in [-0.1, -0.05) is 328 Å². The third-order valence-corrected chi connectivity index (χ3v) is 15.0. The number of unbranched alkanes of at least 4 members (excludes halogenated alkanes) is 46. The summed E-state index contributed by atoms with van der Waals surface area (Å²) >= 11 is 0. The largest absolute Gasteiger partial charge is 0.462 e. The van der Waals surface area contributed by atoms with Gasteiger partial charge in [-0.3, -0.25) is 14.4 Å². The van der Waals surface area contributed by atoms with Crippen LogP contribution < -0.4 is 0 Å². The minimum Gasteiger partial charge on any atom is -0.462 e. The van der Waals surface area contributed by atoms with Crippen molar-refractivity contribution in [2.45, 2.75) is 374 Å². The zero-order valence-corrected chi connectivity index (χ0v) is 49.4. The van der Waals surface area contributed by atoms with E-state index in [1.807, 2.05) is 0 Å². The number of ether oxygens (including phenoxy) is 3. The topological polar surface area (TPSA) is 78.9 Å². The lowest BCUT2D eigenvalue weighted by Gasteiger charge is -2.18. The predicted octanol–water partition coefficient (Wildman–Crippen LogP) is 22.2. The van der Waals surface area contributed by atoms with E-state index in [2.05, 4.69) is 45.1 Å². The lowest BCUT2D eigenvalue weighted by atomic mass is 10.0. The number of hydrogen-bond donors (Lipinski definition) is 0. The van der Waals surface area contributed by atoms with E-state index < -0.39 is 6.10 Å². The van der Waals surface area contributed by atoms with Gasteiger partial charge in [-0.15, -0.1) is 0 Å². The van der Waals surface area contributed by atoms with Crippen LogP contribution in [0.2, 0.25) is 0 Å². The first-order valence-corrected chi connectivity index (χ1v) is 32.8. The van der Waals surface area contributed by atoms with Crippen molar-refractivity contribution in [2.24, 2.45) is 0 Å². The van der Waals surface area contributed by atoms with Gasteiger partial charge in [-0.2, -0.15) is 0 Å². The first kappa shape index (κ1) is 70.9. The second-order valence-corrected chi connectivity index (χ2v) is 22.4. The molecule has 6 heteroatoms. The fourth-order valence-corrected chi connectivity index (χ4v) is 9.99. The summed E-state index contributed by atoms with van der Waals surface area (Å²) in [6.07, 6.45) is 74.8. The molecule has 0 aromatic heterocycles. The highest BCUT2D eigenvalue weighted by molar-refractivity contribution is 5.71. The molecule has 0 saturated carbocycles. The van der Waals surface area contributed by atoms with Crippen LogP contribution in [0.4, 0.5) is 0 Å². The van der Waals surface area contributed by atoms with E-state index in [1.165, 1.54) is 250 Å². The Hall–Kier alpha value is -2.11. The lowest BCUT2D eigenvalue weighted by Crippen LogP contribution is -2.30. The van der Waals surface area contributed by atoms with Gasteiger partial charge in [0, 0.05) is 19.3 Å². The molecule has 0 aromatic rings. The Morgan fingerprint density at radius 1 is 0.274 bits per heavy atom. The maximum atomic E-state index is 12.9.